The molecule has 0 saturated carbocycles. The Kier molecular flexibility index (Phi) is 4.87. The summed E-state index contributed by atoms with van der Waals surface area (Å²) in [7, 11) is 0. The van der Waals surface area contributed by atoms with Crippen LogP contribution in [-0.2, 0) is 42.1 Å². The fourth-order valence-electron chi connectivity index (χ4n) is 1.50. The normalized spacial score (nSPS) is 13.8. The molecule has 1 aliphatic rings. The fraction of sp³-hybridized carbons (Fsp3) is 0.364. The zero-order chi connectivity index (χ0) is 13.8. The standard InChI is InChI=1S/C5H5.3C2H4O2.Ti/c1-2-4-5-3-1;3*1-2(3)4;/h1-3H,4H2;3*1H3,(H,3,4);/q;;;;+3/p-3. The first-order chi connectivity index (χ1) is 8.35. The predicted molar refractivity (Wildman–Crippen MR) is 57.1 cm³/mol. The first kappa shape index (κ1) is 14.7. The maximum absolute atomic E-state index is 11.2. The van der Waals surface area contributed by atoms with Crippen LogP contribution in [0.25, 0.3) is 0 Å². The van der Waals surface area contributed by atoms with Crippen LogP contribution in [0.4, 0.5) is 0 Å². The Labute approximate surface area is 109 Å². The summed E-state index contributed by atoms with van der Waals surface area (Å²) in [5, 5.41) is 0. The molecular weight excluding hydrogens is 276 g/mol. The van der Waals surface area contributed by atoms with Crippen molar-refractivity contribution in [3.63, 3.8) is 0 Å². The zero-order valence-corrected chi connectivity index (χ0v) is 12.0. The molecule has 0 saturated heterocycles. The quantitative estimate of drug-likeness (QED) is 0.728. The number of hydrogen-bond donors (Lipinski definition) is 0. The summed E-state index contributed by atoms with van der Waals surface area (Å²) >= 11 is -4.40. The van der Waals surface area contributed by atoms with Gasteiger partial charge in [0, 0.05) is 0 Å². The van der Waals surface area contributed by atoms with Gasteiger partial charge in [0.1, 0.15) is 0 Å². The van der Waals surface area contributed by atoms with Gasteiger partial charge < -0.3 is 0 Å². The van der Waals surface area contributed by atoms with Crippen LogP contribution in [0.15, 0.2) is 22.1 Å². The molecule has 1 aliphatic carbocycles. The van der Waals surface area contributed by atoms with E-state index in [9.17, 15) is 14.4 Å². The SMILES string of the molecule is CC(=O)[O][Ti]([O]C(C)=O)([O]C(C)=O)[C]1=CC=CC1. The molecule has 0 aromatic carbocycles. The van der Waals surface area contributed by atoms with Crippen molar-refractivity contribution in [3.8, 4) is 0 Å². The molecule has 0 unspecified atom stereocenters. The molecule has 0 aromatic heterocycles. The van der Waals surface area contributed by atoms with Gasteiger partial charge in [-0.15, -0.1) is 0 Å². The Bertz CT molecular complexity index is 396. The monoisotopic (exact) mass is 290 g/mol. The first-order valence-electron chi connectivity index (χ1n) is 5.30. The number of allylic oxidation sites excluding steroid dienone is 4. The van der Waals surface area contributed by atoms with Crippen LogP contribution in [0, 0.1) is 0 Å². The van der Waals surface area contributed by atoms with Gasteiger partial charge in [0.2, 0.25) is 0 Å². The van der Waals surface area contributed by atoms with Crippen LogP contribution in [0.3, 0.4) is 0 Å². The van der Waals surface area contributed by atoms with Crippen LogP contribution < -0.4 is 0 Å². The average molecular weight is 290 g/mol. The molecule has 0 atom stereocenters. The van der Waals surface area contributed by atoms with Gasteiger partial charge in [-0.3, -0.25) is 0 Å². The van der Waals surface area contributed by atoms with Crippen LogP contribution in [0.2, 0.25) is 0 Å². The Balaban J connectivity index is 3.10. The van der Waals surface area contributed by atoms with Gasteiger partial charge in [0.15, 0.2) is 0 Å². The van der Waals surface area contributed by atoms with E-state index in [1.807, 2.05) is 0 Å². The van der Waals surface area contributed by atoms with Gasteiger partial charge in [-0.1, -0.05) is 0 Å². The second-order valence-corrected chi connectivity index (χ2v) is 7.36. The van der Waals surface area contributed by atoms with Gasteiger partial charge in [0.05, 0.1) is 0 Å². The Hall–Kier alpha value is -1.40. The van der Waals surface area contributed by atoms with E-state index in [-0.39, 0.29) is 0 Å². The van der Waals surface area contributed by atoms with Crippen LogP contribution >= 0.6 is 0 Å². The van der Waals surface area contributed by atoms with E-state index in [1.165, 1.54) is 20.8 Å². The second kappa shape index (κ2) is 5.97. The van der Waals surface area contributed by atoms with Gasteiger partial charge in [-0.25, -0.2) is 0 Å². The first-order valence-corrected chi connectivity index (χ1v) is 8.00. The van der Waals surface area contributed by atoms with Crippen molar-refractivity contribution in [2.75, 3.05) is 0 Å². The topological polar surface area (TPSA) is 78.9 Å². The molecular formula is C11H14O6Ti. The van der Waals surface area contributed by atoms with Crippen LogP contribution in [0.1, 0.15) is 27.2 Å². The summed E-state index contributed by atoms with van der Waals surface area (Å²) in [5.41, 5.74) is 0. The number of carbonyl (C=O) groups excluding carboxylic acids is 3. The molecule has 0 N–H and O–H groups in total. The van der Waals surface area contributed by atoms with Gasteiger partial charge in [0.25, 0.3) is 0 Å². The molecule has 0 spiro atoms. The molecule has 98 valence electrons. The Morgan fingerprint density at radius 2 is 1.44 bits per heavy atom. The molecule has 0 amide bonds. The van der Waals surface area contributed by atoms with Crippen molar-refractivity contribution in [2.24, 2.45) is 0 Å². The van der Waals surface area contributed by atoms with Crippen LogP contribution in [-0.4, -0.2) is 17.9 Å². The number of carbonyl (C=O) groups is 3. The van der Waals surface area contributed by atoms with Gasteiger partial charge in [-0.05, 0) is 0 Å². The molecule has 1 rings (SSSR count). The molecule has 0 aliphatic heterocycles. The molecule has 18 heavy (non-hydrogen) atoms. The minimum atomic E-state index is -4.40. The summed E-state index contributed by atoms with van der Waals surface area (Å²) in [5.74, 6) is -1.94. The number of hydrogen-bond acceptors (Lipinski definition) is 6. The molecule has 0 bridgehead atoms. The Morgan fingerprint density at radius 3 is 1.72 bits per heavy atom. The molecule has 0 radical (unpaired) electrons. The molecule has 6 nitrogen and oxygen atoms in total. The van der Waals surface area contributed by atoms with Crippen molar-refractivity contribution < 1.29 is 42.1 Å². The van der Waals surface area contributed by atoms with Crippen LogP contribution in [0.5, 0.6) is 0 Å². The molecule has 0 heterocycles. The summed E-state index contributed by atoms with van der Waals surface area (Å²) in [4.78, 5) is 33.5. The molecule has 7 heteroatoms. The van der Waals surface area contributed by atoms with E-state index in [1.54, 1.807) is 18.2 Å². The van der Waals surface area contributed by atoms with Gasteiger partial charge in [-0.2, -0.15) is 0 Å². The summed E-state index contributed by atoms with van der Waals surface area (Å²) in [6.07, 6.45) is 5.61. The average Bonchev–Trinajstić information content (AvgIpc) is 2.65. The maximum atomic E-state index is 11.2. The van der Waals surface area contributed by atoms with E-state index < -0.39 is 35.7 Å². The molecule has 0 aromatic rings. The third-order valence-corrected chi connectivity index (χ3v) is 6.41. The summed E-state index contributed by atoms with van der Waals surface area (Å²) in [6.45, 7) is 3.53. The van der Waals surface area contributed by atoms with Gasteiger partial charge >= 0.3 is 109 Å². The summed E-state index contributed by atoms with van der Waals surface area (Å²) < 4.78 is 15.8. The minimum absolute atomic E-state index is 0.438. The van der Waals surface area contributed by atoms with E-state index >= 15 is 0 Å². The fourth-order valence-corrected chi connectivity index (χ4v) is 5.13. The van der Waals surface area contributed by atoms with Crippen molar-refractivity contribution >= 4 is 17.9 Å². The molecule has 0 fully saturated rings. The van der Waals surface area contributed by atoms with Crippen molar-refractivity contribution in [1.29, 1.82) is 0 Å². The van der Waals surface area contributed by atoms with E-state index in [2.05, 4.69) is 0 Å². The van der Waals surface area contributed by atoms with E-state index in [0.29, 0.717) is 10.3 Å². The van der Waals surface area contributed by atoms with E-state index in [4.69, 9.17) is 9.96 Å². The van der Waals surface area contributed by atoms with Crippen molar-refractivity contribution in [3.05, 3.63) is 22.1 Å². The number of rotatable bonds is 4. The van der Waals surface area contributed by atoms with Crippen molar-refractivity contribution in [2.45, 2.75) is 27.2 Å². The van der Waals surface area contributed by atoms with E-state index in [0.717, 1.165) is 0 Å². The third kappa shape index (κ3) is 3.82. The zero-order valence-electron chi connectivity index (χ0n) is 10.4. The Morgan fingerprint density at radius 1 is 1.00 bits per heavy atom. The predicted octanol–water partition coefficient (Wildman–Crippen LogP) is 1.42. The summed E-state index contributed by atoms with van der Waals surface area (Å²) in [6, 6.07) is 0. The third-order valence-electron chi connectivity index (χ3n) is 2.00. The second-order valence-electron chi connectivity index (χ2n) is 3.66. The van der Waals surface area contributed by atoms with Crippen molar-refractivity contribution in [1.82, 2.24) is 0 Å².